The predicted octanol–water partition coefficient (Wildman–Crippen LogP) is 0.731. The van der Waals surface area contributed by atoms with Gasteiger partial charge in [0.05, 0.1) is 12.9 Å². The standard InChI is InChI=1S/C11H15N5O/c1-3-12-5-8(1)2-4-17-11-9-10(14-6-13-9)15-7-16-11/h6-8,12H,1-5H2,(H,13,14,15,16). The first-order valence-electron chi connectivity index (χ1n) is 5.91. The zero-order valence-corrected chi connectivity index (χ0v) is 9.52. The van der Waals surface area contributed by atoms with Crippen molar-refractivity contribution < 1.29 is 4.74 Å². The van der Waals surface area contributed by atoms with Crippen molar-refractivity contribution in [3.63, 3.8) is 0 Å². The lowest BCUT2D eigenvalue weighted by Gasteiger charge is -2.09. The molecule has 1 aliphatic rings. The first kappa shape index (κ1) is 10.5. The molecule has 2 N–H and O–H groups in total. The minimum atomic E-state index is 0.596. The smallest absolute Gasteiger partial charge is 0.243 e. The van der Waals surface area contributed by atoms with Crippen LogP contribution in [0, 0.1) is 5.92 Å². The van der Waals surface area contributed by atoms with Crippen LogP contribution in [-0.2, 0) is 0 Å². The summed E-state index contributed by atoms with van der Waals surface area (Å²) in [5.74, 6) is 1.33. The van der Waals surface area contributed by atoms with E-state index in [0.29, 0.717) is 18.1 Å². The van der Waals surface area contributed by atoms with Gasteiger partial charge in [0, 0.05) is 0 Å². The third-order valence-corrected chi connectivity index (χ3v) is 3.12. The Morgan fingerprint density at radius 1 is 1.35 bits per heavy atom. The van der Waals surface area contributed by atoms with Crippen molar-refractivity contribution in [1.29, 1.82) is 0 Å². The van der Waals surface area contributed by atoms with Gasteiger partial charge in [-0.2, -0.15) is 4.98 Å². The van der Waals surface area contributed by atoms with Crippen LogP contribution in [0.3, 0.4) is 0 Å². The first-order valence-corrected chi connectivity index (χ1v) is 5.91. The fourth-order valence-electron chi connectivity index (χ4n) is 2.14. The molecule has 1 saturated heterocycles. The van der Waals surface area contributed by atoms with E-state index in [1.165, 1.54) is 12.7 Å². The number of hydrogen-bond donors (Lipinski definition) is 2. The first-order chi connectivity index (χ1) is 8.43. The molecule has 3 heterocycles. The van der Waals surface area contributed by atoms with E-state index in [4.69, 9.17) is 4.74 Å². The molecule has 2 aromatic heterocycles. The molecule has 0 aliphatic carbocycles. The van der Waals surface area contributed by atoms with E-state index in [9.17, 15) is 0 Å². The lowest BCUT2D eigenvalue weighted by atomic mass is 10.1. The molecule has 1 atom stereocenters. The summed E-state index contributed by atoms with van der Waals surface area (Å²) in [7, 11) is 0. The number of ether oxygens (including phenoxy) is 1. The van der Waals surface area contributed by atoms with Gasteiger partial charge in [0.2, 0.25) is 5.88 Å². The van der Waals surface area contributed by atoms with E-state index >= 15 is 0 Å². The predicted molar refractivity (Wildman–Crippen MR) is 62.8 cm³/mol. The van der Waals surface area contributed by atoms with E-state index in [-0.39, 0.29) is 0 Å². The van der Waals surface area contributed by atoms with Crippen molar-refractivity contribution in [2.75, 3.05) is 19.7 Å². The Hall–Kier alpha value is -1.69. The SMILES string of the molecule is c1nc(OCCC2CCNC2)c2[nH]cnc2n1. The van der Waals surface area contributed by atoms with Crippen LogP contribution in [0.25, 0.3) is 11.2 Å². The molecule has 6 nitrogen and oxygen atoms in total. The Labute approximate surface area is 98.8 Å². The van der Waals surface area contributed by atoms with Gasteiger partial charge in [0.15, 0.2) is 5.65 Å². The summed E-state index contributed by atoms with van der Waals surface area (Å²) >= 11 is 0. The number of rotatable bonds is 4. The monoisotopic (exact) mass is 233 g/mol. The molecule has 1 aliphatic heterocycles. The van der Waals surface area contributed by atoms with Crippen molar-refractivity contribution in [2.24, 2.45) is 5.92 Å². The second-order valence-corrected chi connectivity index (χ2v) is 4.28. The summed E-state index contributed by atoms with van der Waals surface area (Å²) in [6, 6.07) is 0. The highest BCUT2D eigenvalue weighted by Crippen LogP contribution is 2.18. The van der Waals surface area contributed by atoms with E-state index in [1.54, 1.807) is 6.33 Å². The van der Waals surface area contributed by atoms with Crippen LogP contribution in [-0.4, -0.2) is 39.6 Å². The Balaban J connectivity index is 1.62. The van der Waals surface area contributed by atoms with Gasteiger partial charge in [0.25, 0.3) is 0 Å². The second-order valence-electron chi connectivity index (χ2n) is 4.28. The fourth-order valence-corrected chi connectivity index (χ4v) is 2.14. The average molecular weight is 233 g/mol. The van der Waals surface area contributed by atoms with Crippen molar-refractivity contribution in [1.82, 2.24) is 25.3 Å². The maximum atomic E-state index is 5.69. The third-order valence-electron chi connectivity index (χ3n) is 3.12. The molecule has 1 unspecified atom stereocenters. The lowest BCUT2D eigenvalue weighted by molar-refractivity contribution is 0.276. The molecule has 0 bridgehead atoms. The summed E-state index contributed by atoms with van der Waals surface area (Å²) in [6.45, 7) is 2.92. The van der Waals surface area contributed by atoms with Gasteiger partial charge in [0.1, 0.15) is 11.8 Å². The minimum Gasteiger partial charge on any atom is -0.476 e. The van der Waals surface area contributed by atoms with Crippen molar-refractivity contribution in [3.05, 3.63) is 12.7 Å². The second kappa shape index (κ2) is 4.67. The zero-order valence-electron chi connectivity index (χ0n) is 9.52. The zero-order chi connectivity index (χ0) is 11.5. The number of aromatic amines is 1. The Morgan fingerprint density at radius 3 is 3.24 bits per heavy atom. The summed E-state index contributed by atoms with van der Waals surface area (Å²) < 4.78 is 5.69. The molecule has 0 spiro atoms. The molecule has 2 aromatic rings. The molecular weight excluding hydrogens is 218 g/mol. The molecule has 0 saturated carbocycles. The van der Waals surface area contributed by atoms with Crippen molar-refractivity contribution in [2.45, 2.75) is 12.8 Å². The third kappa shape index (κ3) is 2.21. The van der Waals surface area contributed by atoms with E-state index in [2.05, 4.69) is 25.3 Å². The number of H-pyrrole nitrogens is 1. The van der Waals surface area contributed by atoms with Crippen LogP contribution in [0.5, 0.6) is 5.88 Å². The molecule has 17 heavy (non-hydrogen) atoms. The largest absolute Gasteiger partial charge is 0.476 e. The van der Waals surface area contributed by atoms with Crippen LogP contribution >= 0.6 is 0 Å². The Morgan fingerprint density at radius 2 is 2.35 bits per heavy atom. The van der Waals surface area contributed by atoms with E-state index in [1.807, 2.05) is 0 Å². The summed E-state index contributed by atoms with van der Waals surface area (Å²) in [6.07, 6.45) is 5.39. The Bertz CT molecular complexity index is 491. The normalized spacial score (nSPS) is 19.9. The topological polar surface area (TPSA) is 75.7 Å². The number of hydrogen-bond acceptors (Lipinski definition) is 5. The highest BCUT2D eigenvalue weighted by atomic mass is 16.5. The highest BCUT2D eigenvalue weighted by molar-refractivity contribution is 5.74. The van der Waals surface area contributed by atoms with Gasteiger partial charge in [-0.3, -0.25) is 0 Å². The highest BCUT2D eigenvalue weighted by Gasteiger charge is 2.14. The van der Waals surface area contributed by atoms with E-state index in [0.717, 1.165) is 30.9 Å². The molecule has 0 amide bonds. The molecule has 6 heteroatoms. The van der Waals surface area contributed by atoms with Gasteiger partial charge in [-0.05, 0) is 31.8 Å². The van der Waals surface area contributed by atoms with Gasteiger partial charge < -0.3 is 15.0 Å². The molecule has 0 aromatic carbocycles. The molecule has 0 radical (unpaired) electrons. The van der Waals surface area contributed by atoms with E-state index < -0.39 is 0 Å². The minimum absolute atomic E-state index is 0.596. The van der Waals surface area contributed by atoms with Crippen LogP contribution in [0.15, 0.2) is 12.7 Å². The summed E-state index contributed by atoms with van der Waals surface area (Å²) in [4.78, 5) is 15.2. The van der Waals surface area contributed by atoms with Crippen LogP contribution in [0.2, 0.25) is 0 Å². The molecule has 3 rings (SSSR count). The van der Waals surface area contributed by atoms with Gasteiger partial charge in [-0.15, -0.1) is 0 Å². The van der Waals surface area contributed by atoms with Gasteiger partial charge >= 0.3 is 0 Å². The maximum Gasteiger partial charge on any atom is 0.243 e. The number of nitrogens with zero attached hydrogens (tertiary/aromatic N) is 3. The van der Waals surface area contributed by atoms with Gasteiger partial charge in [-0.25, -0.2) is 9.97 Å². The number of aromatic nitrogens is 4. The quantitative estimate of drug-likeness (QED) is 0.814. The molecular formula is C11H15N5O. The Kier molecular flexibility index (Phi) is 2.87. The van der Waals surface area contributed by atoms with Crippen LogP contribution in [0.1, 0.15) is 12.8 Å². The van der Waals surface area contributed by atoms with Crippen molar-refractivity contribution in [3.8, 4) is 5.88 Å². The molecule has 1 fully saturated rings. The fraction of sp³-hybridized carbons (Fsp3) is 0.545. The van der Waals surface area contributed by atoms with Crippen LogP contribution < -0.4 is 10.1 Å². The molecule has 90 valence electrons. The number of nitrogens with one attached hydrogen (secondary N) is 2. The van der Waals surface area contributed by atoms with Crippen molar-refractivity contribution >= 4 is 11.2 Å². The summed E-state index contributed by atoms with van der Waals surface area (Å²) in [5, 5.41) is 3.35. The van der Waals surface area contributed by atoms with Gasteiger partial charge in [-0.1, -0.05) is 0 Å². The number of imidazole rings is 1. The average Bonchev–Trinajstić information content (AvgIpc) is 2.99. The lowest BCUT2D eigenvalue weighted by Crippen LogP contribution is -2.12. The summed E-state index contributed by atoms with van der Waals surface area (Å²) in [5.41, 5.74) is 1.43. The van der Waals surface area contributed by atoms with Crippen LogP contribution in [0.4, 0.5) is 0 Å². The number of fused-ring (bicyclic) bond motifs is 1. The maximum absolute atomic E-state index is 5.69.